The summed E-state index contributed by atoms with van der Waals surface area (Å²) in [6.45, 7) is 4.66. The molecule has 2 rings (SSSR count). The minimum absolute atomic E-state index is 0.00926. The van der Waals surface area contributed by atoms with Gasteiger partial charge in [-0.1, -0.05) is 6.58 Å². The number of imidazole rings is 1. The standard InChI is InChI=1S/C5H4N4.C5H6O/c1-4-5(8-2-6-1)9-3-7-4;1-3-4-5(2)6/h1-3H,(H,6,7,8,9);4H,1H2,2H3. The lowest BCUT2D eigenvalue weighted by Crippen LogP contribution is -1.76. The molecule has 0 aliphatic heterocycles. The van der Waals surface area contributed by atoms with Crippen molar-refractivity contribution in [2.24, 2.45) is 0 Å². The predicted molar refractivity (Wildman–Crippen MR) is 56.1 cm³/mol. The molecular formula is C10H10N4O. The molecule has 0 amide bonds. The first-order chi connectivity index (χ1) is 7.24. The van der Waals surface area contributed by atoms with E-state index in [1.165, 1.54) is 19.3 Å². The summed E-state index contributed by atoms with van der Waals surface area (Å²) < 4.78 is 0. The van der Waals surface area contributed by atoms with Crippen molar-refractivity contribution < 1.29 is 4.79 Å². The Kier molecular flexibility index (Phi) is 3.94. The van der Waals surface area contributed by atoms with Crippen molar-refractivity contribution in [3.63, 3.8) is 0 Å². The van der Waals surface area contributed by atoms with Gasteiger partial charge in [-0.3, -0.25) is 4.79 Å². The normalized spacial score (nSPS) is 8.60. The lowest BCUT2D eigenvalue weighted by atomic mass is 10.4. The Hall–Kier alpha value is -2.26. The van der Waals surface area contributed by atoms with Crippen molar-refractivity contribution >= 4 is 16.9 Å². The van der Waals surface area contributed by atoms with E-state index in [4.69, 9.17) is 0 Å². The third kappa shape index (κ3) is 3.54. The fourth-order valence-electron chi connectivity index (χ4n) is 0.835. The van der Waals surface area contributed by atoms with Gasteiger partial charge in [-0.25, -0.2) is 15.0 Å². The van der Waals surface area contributed by atoms with E-state index in [0.29, 0.717) is 5.65 Å². The molecule has 0 radical (unpaired) electrons. The van der Waals surface area contributed by atoms with Gasteiger partial charge in [0.05, 0.1) is 12.5 Å². The van der Waals surface area contributed by atoms with Gasteiger partial charge in [0.25, 0.3) is 0 Å². The molecule has 0 fully saturated rings. The minimum Gasteiger partial charge on any atom is -0.342 e. The van der Waals surface area contributed by atoms with E-state index in [1.54, 1.807) is 12.5 Å². The van der Waals surface area contributed by atoms with Crippen LogP contribution in [0.5, 0.6) is 0 Å². The maximum atomic E-state index is 9.89. The summed E-state index contributed by atoms with van der Waals surface area (Å²) in [5.74, 6) is -0.00926. The molecular weight excluding hydrogens is 192 g/mol. The summed E-state index contributed by atoms with van der Waals surface area (Å²) in [5.41, 5.74) is 3.93. The van der Waals surface area contributed by atoms with Crippen molar-refractivity contribution in [1.82, 2.24) is 19.9 Å². The minimum atomic E-state index is -0.00926. The third-order valence-corrected chi connectivity index (χ3v) is 1.40. The molecule has 0 unspecified atom stereocenters. The zero-order valence-electron chi connectivity index (χ0n) is 8.27. The highest BCUT2D eigenvalue weighted by Crippen LogP contribution is 1.99. The third-order valence-electron chi connectivity index (χ3n) is 1.40. The lowest BCUT2D eigenvalue weighted by molar-refractivity contribution is -0.112. The van der Waals surface area contributed by atoms with Crippen LogP contribution in [0.1, 0.15) is 6.92 Å². The van der Waals surface area contributed by atoms with Crippen LogP contribution in [-0.2, 0) is 4.79 Å². The fraction of sp³-hybridized carbons (Fsp3) is 0.100. The molecule has 0 saturated carbocycles. The smallest absolute Gasteiger partial charge is 0.180 e. The lowest BCUT2D eigenvalue weighted by Gasteiger charge is -1.80. The molecule has 5 nitrogen and oxygen atoms in total. The van der Waals surface area contributed by atoms with Crippen molar-refractivity contribution in [3.05, 3.63) is 37.2 Å². The van der Waals surface area contributed by atoms with E-state index < -0.39 is 0 Å². The maximum absolute atomic E-state index is 9.89. The Balaban J connectivity index is 0.000000167. The SMILES string of the molecule is C=C=CC(C)=O.c1ncc2[nH]cnc2n1. The maximum Gasteiger partial charge on any atom is 0.180 e. The molecule has 2 heterocycles. The van der Waals surface area contributed by atoms with Gasteiger partial charge in [0, 0.05) is 6.08 Å². The van der Waals surface area contributed by atoms with Crippen molar-refractivity contribution in [1.29, 1.82) is 0 Å². The highest BCUT2D eigenvalue weighted by atomic mass is 16.1. The number of H-pyrrole nitrogens is 1. The van der Waals surface area contributed by atoms with Crippen LogP contribution < -0.4 is 0 Å². The monoisotopic (exact) mass is 202 g/mol. The Bertz CT molecular complexity index is 467. The molecule has 1 N–H and O–H groups in total. The topological polar surface area (TPSA) is 71.5 Å². The van der Waals surface area contributed by atoms with Gasteiger partial charge in [0.2, 0.25) is 0 Å². The van der Waals surface area contributed by atoms with E-state index in [1.807, 2.05) is 0 Å². The fourth-order valence-corrected chi connectivity index (χ4v) is 0.835. The van der Waals surface area contributed by atoms with Crippen LogP contribution in [0.2, 0.25) is 0 Å². The molecule has 0 atom stereocenters. The highest BCUT2D eigenvalue weighted by Gasteiger charge is 1.91. The Morgan fingerprint density at radius 2 is 2.40 bits per heavy atom. The number of carbonyl (C=O) groups is 1. The second-order valence-electron chi connectivity index (χ2n) is 2.62. The van der Waals surface area contributed by atoms with E-state index >= 15 is 0 Å². The van der Waals surface area contributed by atoms with Crippen LogP contribution in [0.25, 0.3) is 11.2 Å². The molecule has 0 aromatic carbocycles. The molecule has 2 aromatic heterocycles. The molecule has 76 valence electrons. The zero-order valence-corrected chi connectivity index (χ0v) is 8.27. The van der Waals surface area contributed by atoms with Gasteiger partial charge < -0.3 is 4.98 Å². The predicted octanol–water partition coefficient (Wildman–Crippen LogP) is 1.27. The first kappa shape index (κ1) is 10.8. The summed E-state index contributed by atoms with van der Waals surface area (Å²) in [6, 6.07) is 0. The number of allylic oxidation sites excluding steroid dienone is 1. The Morgan fingerprint density at radius 3 is 2.93 bits per heavy atom. The number of ketones is 1. The Morgan fingerprint density at radius 1 is 1.60 bits per heavy atom. The van der Waals surface area contributed by atoms with Gasteiger partial charge in [0.1, 0.15) is 11.8 Å². The number of fused-ring (bicyclic) bond motifs is 1. The molecule has 0 aliphatic rings. The molecule has 0 bridgehead atoms. The van der Waals surface area contributed by atoms with Crippen LogP contribution in [0, 0.1) is 0 Å². The van der Waals surface area contributed by atoms with Gasteiger partial charge in [-0.2, -0.15) is 0 Å². The second-order valence-corrected chi connectivity index (χ2v) is 2.62. The molecule has 0 spiro atoms. The van der Waals surface area contributed by atoms with Crippen LogP contribution in [0.3, 0.4) is 0 Å². The summed E-state index contributed by atoms with van der Waals surface area (Å²) in [4.78, 5) is 24.4. The number of carbonyl (C=O) groups excluding carboxylic acids is 1. The van der Waals surface area contributed by atoms with Gasteiger partial charge in [-0.05, 0) is 6.92 Å². The number of aromatic amines is 1. The largest absolute Gasteiger partial charge is 0.342 e. The zero-order chi connectivity index (χ0) is 11.1. The summed E-state index contributed by atoms with van der Waals surface area (Å²) >= 11 is 0. The quantitative estimate of drug-likeness (QED) is 0.558. The first-order valence-electron chi connectivity index (χ1n) is 4.19. The van der Waals surface area contributed by atoms with Gasteiger partial charge >= 0.3 is 0 Å². The second kappa shape index (κ2) is 5.47. The van der Waals surface area contributed by atoms with Crippen LogP contribution in [0.15, 0.2) is 37.2 Å². The number of rotatable bonds is 1. The number of nitrogens with one attached hydrogen (secondary N) is 1. The van der Waals surface area contributed by atoms with E-state index in [-0.39, 0.29) is 5.78 Å². The van der Waals surface area contributed by atoms with E-state index in [2.05, 4.69) is 32.2 Å². The van der Waals surface area contributed by atoms with Gasteiger partial charge in [-0.15, -0.1) is 5.73 Å². The summed E-state index contributed by atoms with van der Waals surface area (Å²) in [6.07, 6.45) is 6.05. The number of hydrogen-bond donors (Lipinski definition) is 1. The van der Waals surface area contributed by atoms with E-state index in [9.17, 15) is 4.79 Å². The van der Waals surface area contributed by atoms with Crippen LogP contribution in [0.4, 0.5) is 0 Å². The number of aromatic nitrogens is 4. The number of nitrogens with zero attached hydrogens (tertiary/aromatic N) is 3. The molecule has 5 heteroatoms. The van der Waals surface area contributed by atoms with Crippen molar-refractivity contribution in [2.75, 3.05) is 0 Å². The van der Waals surface area contributed by atoms with Gasteiger partial charge in [0.15, 0.2) is 11.4 Å². The van der Waals surface area contributed by atoms with Crippen molar-refractivity contribution in [3.8, 4) is 0 Å². The Labute approximate surface area is 86.6 Å². The van der Waals surface area contributed by atoms with Crippen molar-refractivity contribution in [2.45, 2.75) is 6.92 Å². The van der Waals surface area contributed by atoms with Crippen LogP contribution in [-0.4, -0.2) is 25.7 Å². The molecule has 2 aromatic rings. The summed E-state index contributed by atoms with van der Waals surface area (Å²) in [7, 11) is 0. The molecule has 0 saturated heterocycles. The highest BCUT2D eigenvalue weighted by molar-refractivity contribution is 5.86. The average molecular weight is 202 g/mol. The first-order valence-corrected chi connectivity index (χ1v) is 4.19. The number of hydrogen-bond acceptors (Lipinski definition) is 4. The van der Waals surface area contributed by atoms with Crippen LogP contribution >= 0.6 is 0 Å². The molecule has 0 aliphatic carbocycles. The summed E-state index contributed by atoms with van der Waals surface area (Å²) in [5, 5.41) is 0. The molecule has 15 heavy (non-hydrogen) atoms. The van der Waals surface area contributed by atoms with E-state index in [0.717, 1.165) is 5.52 Å². The average Bonchev–Trinajstić information content (AvgIpc) is 2.65.